The molecule has 0 spiro atoms. The number of aromatic nitrogens is 1. The highest BCUT2D eigenvalue weighted by atomic mass is 14.9. The van der Waals surface area contributed by atoms with Crippen LogP contribution in [0.1, 0.15) is 29.9 Å². The molecule has 0 radical (unpaired) electrons. The van der Waals surface area contributed by atoms with E-state index >= 15 is 0 Å². The molecular weight excluding hydrogens is 256 g/mol. The van der Waals surface area contributed by atoms with E-state index in [0.717, 1.165) is 17.1 Å². The van der Waals surface area contributed by atoms with E-state index < -0.39 is 0 Å². The van der Waals surface area contributed by atoms with Crippen LogP contribution in [-0.4, -0.2) is 4.98 Å². The lowest BCUT2D eigenvalue weighted by Crippen LogP contribution is -2.08. The van der Waals surface area contributed by atoms with Gasteiger partial charge in [-0.25, -0.2) is 0 Å². The molecular formula is C19H20N2. The average Bonchev–Trinajstić information content (AvgIpc) is 2.49. The van der Waals surface area contributed by atoms with Gasteiger partial charge < -0.3 is 5.32 Å². The molecule has 2 aromatic carbocycles. The van der Waals surface area contributed by atoms with Gasteiger partial charge in [-0.3, -0.25) is 4.98 Å². The fourth-order valence-corrected chi connectivity index (χ4v) is 2.63. The minimum atomic E-state index is 0.248. The zero-order valence-corrected chi connectivity index (χ0v) is 12.7. The third-order valence-electron chi connectivity index (χ3n) is 3.87. The smallest absolute Gasteiger partial charge is 0.0607 e. The second-order valence-electron chi connectivity index (χ2n) is 5.56. The molecule has 0 saturated carbocycles. The third-order valence-corrected chi connectivity index (χ3v) is 3.87. The number of hydrogen-bond donors (Lipinski definition) is 1. The molecule has 0 aliphatic carbocycles. The summed E-state index contributed by atoms with van der Waals surface area (Å²) < 4.78 is 0. The van der Waals surface area contributed by atoms with Crippen molar-refractivity contribution < 1.29 is 0 Å². The van der Waals surface area contributed by atoms with Gasteiger partial charge in [-0.05, 0) is 55.3 Å². The maximum Gasteiger partial charge on any atom is 0.0607 e. The average molecular weight is 276 g/mol. The summed E-state index contributed by atoms with van der Waals surface area (Å²) in [5.74, 6) is 0. The minimum Gasteiger partial charge on any atom is -0.377 e. The summed E-state index contributed by atoms with van der Waals surface area (Å²) in [6.07, 6.45) is 0. The van der Waals surface area contributed by atoms with Crippen LogP contribution in [0.3, 0.4) is 0 Å². The molecule has 1 aromatic heterocycles. The number of rotatable bonds is 3. The summed E-state index contributed by atoms with van der Waals surface area (Å²) in [5.41, 5.74) is 4.48. The van der Waals surface area contributed by atoms with E-state index in [1.54, 1.807) is 0 Å². The first-order chi connectivity index (χ1) is 10.1. The lowest BCUT2D eigenvalue weighted by atomic mass is 10.0. The summed E-state index contributed by atoms with van der Waals surface area (Å²) in [4.78, 5) is 4.51. The zero-order chi connectivity index (χ0) is 14.8. The first-order valence-corrected chi connectivity index (χ1v) is 7.33. The summed E-state index contributed by atoms with van der Waals surface area (Å²) >= 11 is 0. The van der Waals surface area contributed by atoms with Gasteiger partial charge in [0.15, 0.2) is 0 Å². The number of benzene rings is 2. The molecule has 0 aliphatic heterocycles. The van der Waals surface area contributed by atoms with Crippen molar-refractivity contribution in [2.24, 2.45) is 0 Å². The van der Waals surface area contributed by atoms with Crippen molar-refractivity contribution in [3.8, 4) is 0 Å². The molecule has 3 rings (SSSR count). The predicted molar refractivity (Wildman–Crippen MR) is 89.7 cm³/mol. The van der Waals surface area contributed by atoms with Crippen molar-refractivity contribution in [1.29, 1.82) is 0 Å². The van der Waals surface area contributed by atoms with Crippen molar-refractivity contribution in [2.75, 3.05) is 5.32 Å². The Morgan fingerprint density at radius 3 is 2.43 bits per heavy atom. The van der Waals surface area contributed by atoms with Gasteiger partial charge in [0.05, 0.1) is 11.4 Å². The molecule has 0 amide bonds. The third kappa shape index (κ3) is 2.89. The Labute approximate surface area is 125 Å². The fourth-order valence-electron chi connectivity index (χ4n) is 2.63. The zero-order valence-electron chi connectivity index (χ0n) is 12.7. The molecule has 21 heavy (non-hydrogen) atoms. The van der Waals surface area contributed by atoms with E-state index in [1.165, 1.54) is 16.3 Å². The Balaban J connectivity index is 1.87. The highest BCUT2D eigenvalue weighted by molar-refractivity contribution is 5.83. The van der Waals surface area contributed by atoms with Crippen LogP contribution in [0.2, 0.25) is 0 Å². The molecule has 1 N–H and O–H groups in total. The van der Waals surface area contributed by atoms with Crippen LogP contribution in [0.25, 0.3) is 10.8 Å². The molecule has 1 heterocycles. The maximum absolute atomic E-state index is 4.51. The first-order valence-electron chi connectivity index (χ1n) is 7.33. The van der Waals surface area contributed by atoms with Crippen LogP contribution in [0.5, 0.6) is 0 Å². The van der Waals surface area contributed by atoms with Gasteiger partial charge in [0.2, 0.25) is 0 Å². The van der Waals surface area contributed by atoms with E-state index in [1.807, 2.05) is 19.9 Å². The summed E-state index contributed by atoms with van der Waals surface area (Å²) in [6, 6.07) is 19.5. The number of hydrogen-bond acceptors (Lipinski definition) is 2. The van der Waals surface area contributed by atoms with Gasteiger partial charge >= 0.3 is 0 Å². The second kappa shape index (κ2) is 5.57. The lowest BCUT2D eigenvalue weighted by Gasteiger charge is -2.18. The lowest BCUT2D eigenvalue weighted by molar-refractivity contribution is 0.880. The van der Waals surface area contributed by atoms with Crippen LogP contribution in [0, 0.1) is 13.8 Å². The van der Waals surface area contributed by atoms with Gasteiger partial charge in [0, 0.05) is 11.7 Å². The Bertz CT molecular complexity index is 777. The molecule has 2 heteroatoms. The molecule has 0 bridgehead atoms. The van der Waals surface area contributed by atoms with Crippen LogP contribution in [0.4, 0.5) is 5.69 Å². The highest BCUT2D eigenvalue weighted by Gasteiger charge is 2.08. The van der Waals surface area contributed by atoms with Crippen molar-refractivity contribution in [1.82, 2.24) is 4.98 Å². The van der Waals surface area contributed by atoms with Crippen LogP contribution in [0.15, 0.2) is 54.6 Å². The monoisotopic (exact) mass is 276 g/mol. The SMILES string of the molecule is Cc1ccc(NC(C)c2ccc3ccccc3c2)c(C)n1. The van der Waals surface area contributed by atoms with Crippen molar-refractivity contribution in [3.05, 3.63) is 71.5 Å². The summed E-state index contributed by atoms with van der Waals surface area (Å²) in [7, 11) is 0. The van der Waals surface area contributed by atoms with Gasteiger partial charge in [-0.2, -0.15) is 0 Å². The Hall–Kier alpha value is -2.35. The fraction of sp³-hybridized carbons (Fsp3) is 0.211. The summed E-state index contributed by atoms with van der Waals surface area (Å²) in [6.45, 7) is 6.25. The van der Waals surface area contributed by atoms with E-state index in [-0.39, 0.29) is 6.04 Å². The van der Waals surface area contributed by atoms with Crippen molar-refractivity contribution in [3.63, 3.8) is 0 Å². The minimum absolute atomic E-state index is 0.248. The quantitative estimate of drug-likeness (QED) is 0.726. The van der Waals surface area contributed by atoms with Crippen molar-refractivity contribution >= 4 is 16.5 Å². The Morgan fingerprint density at radius 1 is 0.905 bits per heavy atom. The van der Waals surface area contributed by atoms with E-state index in [9.17, 15) is 0 Å². The van der Waals surface area contributed by atoms with E-state index in [4.69, 9.17) is 0 Å². The molecule has 106 valence electrons. The maximum atomic E-state index is 4.51. The second-order valence-corrected chi connectivity index (χ2v) is 5.56. The number of nitrogens with one attached hydrogen (secondary N) is 1. The molecule has 1 atom stereocenters. The van der Waals surface area contributed by atoms with Crippen LogP contribution < -0.4 is 5.32 Å². The highest BCUT2D eigenvalue weighted by Crippen LogP contribution is 2.24. The number of nitrogens with zero attached hydrogens (tertiary/aromatic N) is 1. The molecule has 3 aromatic rings. The van der Waals surface area contributed by atoms with E-state index in [0.29, 0.717) is 0 Å². The topological polar surface area (TPSA) is 24.9 Å². The molecule has 0 aliphatic rings. The largest absolute Gasteiger partial charge is 0.377 e. The number of anilines is 1. The number of aryl methyl sites for hydroxylation is 2. The van der Waals surface area contributed by atoms with Crippen LogP contribution >= 0.6 is 0 Å². The molecule has 2 nitrogen and oxygen atoms in total. The Morgan fingerprint density at radius 2 is 1.67 bits per heavy atom. The van der Waals surface area contributed by atoms with Crippen molar-refractivity contribution in [2.45, 2.75) is 26.8 Å². The standard InChI is InChI=1S/C19H20N2/c1-13-8-11-19(15(3)20-13)21-14(2)17-10-9-16-6-4-5-7-18(16)12-17/h4-12,14,21H,1-3H3. The predicted octanol–water partition coefficient (Wildman–Crippen LogP) is 5.02. The van der Waals surface area contributed by atoms with E-state index in [2.05, 4.69) is 65.8 Å². The van der Waals surface area contributed by atoms with Gasteiger partial charge in [-0.15, -0.1) is 0 Å². The normalized spacial score (nSPS) is 12.3. The number of pyridine rings is 1. The van der Waals surface area contributed by atoms with Gasteiger partial charge in [0.1, 0.15) is 0 Å². The van der Waals surface area contributed by atoms with Crippen LogP contribution in [-0.2, 0) is 0 Å². The van der Waals surface area contributed by atoms with Gasteiger partial charge in [0.25, 0.3) is 0 Å². The first kappa shape index (κ1) is 13.6. The molecule has 0 fully saturated rings. The molecule has 1 unspecified atom stereocenters. The van der Waals surface area contributed by atoms with Gasteiger partial charge in [-0.1, -0.05) is 36.4 Å². The number of fused-ring (bicyclic) bond motifs is 1. The molecule has 0 saturated heterocycles. The Kier molecular flexibility index (Phi) is 3.61. The summed E-state index contributed by atoms with van der Waals surface area (Å²) in [5, 5.41) is 6.12.